The van der Waals surface area contributed by atoms with Crippen LogP contribution in [0.4, 0.5) is 10.5 Å². The molecule has 2 aliphatic heterocycles. The highest BCUT2D eigenvalue weighted by molar-refractivity contribution is 9.10. The van der Waals surface area contributed by atoms with Gasteiger partial charge in [0.25, 0.3) is 11.7 Å². The second kappa shape index (κ2) is 4.34. The lowest BCUT2D eigenvalue weighted by atomic mass is 10.1. The number of carbonyl (C=O) groups is 3. The standard InChI is InChI=1S/C12H9BrN2O4/c13-7-2-1-3-8-9(7)10(16)11(17)15(8)5-6-4-14-12(18)19-6/h1-3,6H,4-5H2,(H,14,18). The topological polar surface area (TPSA) is 75.7 Å². The quantitative estimate of drug-likeness (QED) is 0.826. The molecule has 1 atom stereocenters. The van der Waals surface area contributed by atoms with Gasteiger partial charge in [0.2, 0.25) is 0 Å². The van der Waals surface area contributed by atoms with Crippen LogP contribution in [0.25, 0.3) is 0 Å². The van der Waals surface area contributed by atoms with E-state index in [1.165, 1.54) is 4.90 Å². The summed E-state index contributed by atoms with van der Waals surface area (Å²) < 4.78 is 5.58. The summed E-state index contributed by atoms with van der Waals surface area (Å²) in [4.78, 5) is 36.2. The van der Waals surface area contributed by atoms with Crippen molar-refractivity contribution in [3.63, 3.8) is 0 Å². The van der Waals surface area contributed by atoms with Gasteiger partial charge in [-0.2, -0.15) is 0 Å². The fourth-order valence-electron chi connectivity index (χ4n) is 2.22. The number of rotatable bonds is 2. The normalized spacial score (nSPS) is 21.4. The van der Waals surface area contributed by atoms with Gasteiger partial charge >= 0.3 is 6.09 Å². The third-order valence-electron chi connectivity index (χ3n) is 3.08. The van der Waals surface area contributed by atoms with Crippen molar-refractivity contribution in [3.05, 3.63) is 28.2 Å². The number of cyclic esters (lactones) is 1. The summed E-state index contributed by atoms with van der Waals surface area (Å²) in [6, 6.07) is 5.17. The number of ether oxygens (including phenoxy) is 1. The Morgan fingerprint density at radius 1 is 1.37 bits per heavy atom. The molecule has 2 amide bonds. The fourth-order valence-corrected chi connectivity index (χ4v) is 2.76. The number of carbonyl (C=O) groups excluding carboxylic acids is 3. The molecule has 1 aromatic rings. The largest absolute Gasteiger partial charge is 0.442 e. The van der Waals surface area contributed by atoms with Crippen LogP contribution in [0.3, 0.4) is 0 Å². The maximum Gasteiger partial charge on any atom is 0.407 e. The van der Waals surface area contributed by atoms with Crippen LogP contribution in [0.2, 0.25) is 0 Å². The number of nitrogens with one attached hydrogen (secondary N) is 1. The number of Topliss-reactive ketones (excluding diaryl/α,β-unsaturated/α-hetero) is 1. The van der Waals surface area contributed by atoms with Gasteiger partial charge in [-0.15, -0.1) is 0 Å². The number of fused-ring (bicyclic) bond motifs is 1. The van der Waals surface area contributed by atoms with Crippen molar-refractivity contribution in [3.8, 4) is 0 Å². The van der Waals surface area contributed by atoms with Crippen LogP contribution in [0.15, 0.2) is 22.7 Å². The van der Waals surface area contributed by atoms with Gasteiger partial charge in [-0.05, 0) is 28.1 Å². The molecule has 1 N–H and O–H groups in total. The van der Waals surface area contributed by atoms with Crippen molar-refractivity contribution >= 4 is 39.4 Å². The van der Waals surface area contributed by atoms with E-state index in [1.807, 2.05) is 0 Å². The first kappa shape index (κ1) is 12.2. The van der Waals surface area contributed by atoms with E-state index in [4.69, 9.17) is 4.74 Å². The number of amides is 2. The molecule has 2 heterocycles. The number of nitrogens with zero attached hydrogens (tertiary/aromatic N) is 1. The van der Waals surface area contributed by atoms with Crippen molar-refractivity contribution in [2.75, 3.05) is 18.0 Å². The minimum absolute atomic E-state index is 0.173. The van der Waals surface area contributed by atoms with E-state index in [1.54, 1.807) is 18.2 Å². The summed E-state index contributed by atoms with van der Waals surface area (Å²) in [6.45, 7) is 0.507. The van der Waals surface area contributed by atoms with Crippen LogP contribution in [0.5, 0.6) is 0 Å². The lowest BCUT2D eigenvalue weighted by Gasteiger charge is -2.19. The molecule has 7 heteroatoms. The first-order chi connectivity index (χ1) is 9.08. The molecule has 0 bridgehead atoms. The van der Waals surface area contributed by atoms with Crippen LogP contribution in [0.1, 0.15) is 10.4 Å². The van der Waals surface area contributed by atoms with Gasteiger partial charge in [-0.3, -0.25) is 9.59 Å². The Bertz CT molecular complexity index is 601. The highest BCUT2D eigenvalue weighted by Crippen LogP contribution is 2.34. The summed E-state index contributed by atoms with van der Waals surface area (Å²) in [5, 5.41) is 2.51. The Labute approximate surface area is 116 Å². The number of benzene rings is 1. The van der Waals surface area contributed by atoms with Gasteiger partial charge in [0.15, 0.2) is 0 Å². The summed E-state index contributed by atoms with van der Waals surface area (Å²) in [7, 11) is 0. The molecule has 6 nitrogen and oxygen atoms in total. The number of anilines is 1. The van der Waals surface area contributed by atoms with E-state index in [-0.39, 0.29) is 6.54 Å². The first-order valence-corrected chi connectivity index (χ1v) is 6.46. The second-order valence-corrected chi connectivity index (χ2v) is 5.14. The highest BCUT2D eigenvalue weighted by Gasteiger charge is 2.39. The van der Waals surface area contributed by atoms with Gasteiger partial charge in [-0.25, -0.2) is 4.79 Å². The van der Waals surface area contributed by atoms with E-state index in [0.29, 0.717) is 22.3 Å². The third-order valence-corrected chi connectivity index (χ3v) is 3.74. The van der Waals surface area contributed by atoms with E-state index in [0.717, 1.165) is 0 Å². The van der Waals surface area contributed by atoms with Gasteiger partial charge in [0.1, 0.15) is 6.10 Å². The van der Waals surface area contributed by atoms with E-state index in [9.17, 15) is 14.4 Å². The molecule has 0 aromatic heterocycles. The van der Waals surface area contributed by atoms with Crippen LogP contribution >= 0.6 is 15.9 Å². The summed E-state index contributed by atoms with van der Waals surface area (Å²) in [5.74, 6) is -1.13. The van der Waals surface area contributed by atoms with Crippen LogP contribution < -0.4 is 10.2 Å². The molecule has 0 spiro atoms. The van der Waals surface area contributed by atoms with Gasteiger partial charge < -0.3 is 15.0 Å². The van der Waals surface area contributed by atoms with Crippen LogP contribution in [0, 0.1) is 0 Å². The van der Waals surface area contributed by atoms with Gasteiger partial charge in [0, 0.05) is 4.47 Å². The number of halogens is 1. The summed E-state index contributed by atoms with van der Waals surface area (Å²) >= 11 is 3.27. The van der Waals surface area contributed by atoms with Gasteiger partial charge in [-0.1, -0.05) is 6.07 Å². The predicted octanol–water partition coefficient (Wildman–Crippen LogP) is 1.09. The lowest BCUT2D eigenvalue weighted by molar-refractivity contribution is -0.114. The Morgan fingerprint density at radius 3 is 2.84 bits per heavy atom. The lowest BCUT2D eigenvalue weighted by Crippen LogP contribution is -2.38. The molecule has 2 aliphatic rings. The first-order valence-electron chi connectivity index (χ1n) is 5.67. The van der Waals surface area contributed by atoms with Crippen molar-refractivity contribution < 1.29 is 19.1 Å². The molecule has 3 rings (SSSR count). The van der Waals surface area contributed by atoms with Crippen LogP contribution in [-0.4, -0.2) is 37.0 Å². The highest BCUT2D eigenvalue weighted by atomic mass is 79.9. The Balaban J connectivity index is 1.91. The van der Waals surface area contributed by atoms with E-state index in [2.05, 4.69) is 21.2 Å². The zero-order valence-corrected chi connectivity index (χ0v) is 11.3. The zero-order valence-electron chi connectivity index (χ0n) is 9.68. The molecular formula is C12H9BrN2O4. The average Bonchev–Trinajstić information content (AvgIpc) is 2.88. The zero-order chi connectivity index (χ0) is 13.6. The van der Waals surface area contributed by atoms with Crippen molar-refractivity contribution in [2.45, 2.75) is 6.10 Å². The Hall–Kier alpha value is -1.89. The molecule has 1 saturated heterocycles. The molecule has 98 valence electrons. The number of hydrogen-bond donors (Lipinski definition) is 1. The SMILES string of the molecule is O=C1NCC(CN2C(=O)C(=O)c3c(Br)cccc32)O1. The smallest absolute Gasteiger partial charge is 0.407 e. The predicted molar refractivity (Wildman–Crippen MR) is 69.1 cm³/mol. The number of alkyl carbamates (subject to hydrolysis) is 1. The molecule has 19 heavy (non-hydrogen) atoms. The second-order valence-electron chi connectivity index (χ2n) is 4.29. The molecular weight excluding hydrogens is 316 g/mol. The number of hydrogen-bond acceptors (Lipinski definition) is 4. The maximum absolute atomic E-state index is 12.0. The molecule has 1 aromatic carbocycles. The minimum Gasteiger partial charge on any atom is -0.442 e. The fraction of sp³-hybridized carbons (Fsp3) is 0.250. The van der Waals surface area contributed by atoms with Crippen molar-refractivity contribution in [1.82, 2.24) is 5.32 Å². The third kappa shape index (κ3) is 1.90. The Kier molecular flexibility index (Phi) is 2.78. The molecule has 0 radical (unpaired) electrons. The van der Waals surface area contributed by atoms with E-state index >= 15 is 0 Å². The monoisotopic (exact) mass is 324 g/mol. The van der Waals surface area contributed by atoms with Crippen molar-refractivity contribution in [2.24, 2.45) is 0 Å². The molecule has 1 unspecified atom stereocenters. The molecule has 1 fully saturated rings. The number of ketones is 1. The minimum atomic E-state index is -0.593. The average molecular weight is 325 g/mol. The maximum atomic E-state index is 12.0. The van der Waals surface area contributed by atoms with Gasteiger partial charge in [0.05, 0.1) is 24.3 Å². The van der Waals surface area contributed by atoms with Crippen LogP contribution in [-0.2, 0) is 9.53 Å². The summed E-state index contributed by atoms with van der Waals surface area (Å²) in [6.07, 6.45) is -0.938. The Morgan fingerprint density at radius 2 is 2.16 bits per heavy atom. The summed E-state index contributed by atoms with van der Waals surface area (Å²) in [5.41, 5.74) is 0.914. The molecule has 0 aliphatic carbocycles. The molecule has 0 saturated carbocycles. The van der Waals surface area contributed by atoms with E-state index < -0.39 is 23.9 Å². The van der Waals surface area contributed by atoms with Crippen molar-refractivity contribution in [1.29, 1.82) is 0 Å².